The summed E-state index contributed by atoms with van der Waals surface area (Å²) in [5.41, 5.74) is 6.07. The van der Waals surface area contributed by atoms with Gasteiger partial charge in [0.25, 0.3) is 11.8 Å². The minimum atomic E-state index is -4.09. The van der Waals surface area contributed by atoms with Crippen LogP contribution >= 0.6 is 11.6 Å². The standard InChI is InChI=1S/C17H18ClN3O5S/c1-10-4-3-5-11(2)16(10)26-9-15(22)20-21-17(23)12-6-7-13(18)14(8-12)27(19,24)25/h3-8H,9H2,1-2H3,(H,20,22)(H,21,23)(H2,19,24,25). The summed E-state index contributed by atoms with van der Waals surface area (Å²) in [7, 11) is -4.09. The maximum absolute atomic E-state index is 12.1. The number of ether oxygens (including phenoxy) is 1. The topological polar surface area (TPSA) is 128 Å². The predicted octanol–water partition coefficient (Wildman–Crippen LogP) is 1.44. The minimum absolute atomic E-state index is 0.0422. The Balaban J connectivity index is 1.96. The first kappa shape index (κ1) is 20.7. The molecule has 0 aliphatic heterocycles. The molecular weight excluding hydrogens is 394 g/mol. The van der Waals surface area contributed by atoms with Crippen molar-refractivity contribution in [2.75, 3.05) is 6.61 Å². The highest BCUT2D eigenvalue weighted by atomic mass is 35.5. The quantitative estimate of drug-likeness (QED) is 0.641. The summed E-state index contributed by atoms with van der Waals surface area (Å²) in [6.07, 6.45) is 0. The molecule has 0 aromatic heterocycles. The van der Waals surface area contributed by atoms with Crippen molar-refractivity contribution in [1.82, 2.24) is 10.9 Å². The highest BCUT2D eigenvalue weighted by Gasteiger charge is 2.17. The Kier molecular flexibility index (Phi) is 6.42. The number of sulfonamides is 1. The van der Waals surface area contributed by atoms with E-state index in [4.69, 9.17) is 21.5 Å². The van der Waals surface area contributed by atoms with E-state index in [1.54, 1.807) is 0 Å². The normalized spacial score (nSPS) is 11.0. The van der Waals surface area contributed by atoms with Gasteiger partial charge in [-0.15, -0.1) is 0 Å². The van der Waals surface area contributed by atoms with E-state index < -0.39 is 21.8 Å². The van der Waals surface area contributed by atoms with Crippen molar-refractivity contribution in [2.24, 2.45) is 5.14 Å². The number of aryl methyl sites for hydroxylation is 2. The van der Waals surface area contributed by atoms with Gasteiger partial charge in [-0.2, -0.15) is 0 Å². The van der Waals surface area contributed by atoms with Gasteiger partial charge in [0.15, 0.2) is 6.61 Å². The van der Waals surface area contributed by atoms with Crippen LogP contribution in [-0.4, -0.2) is 26.8 Å². The third kappa shape index (κ3) is 5.43. The number of rotatable bonds is 5. The van der Waals surface area contributed by atoms with E-state index in [0.717, 1.165) is 17.2 Å². The number of primary sulfonamides is 1. The molecule has 144 valence electrons. The van der Waals surface area contributed by atoms with Crippen LogP contribution in [-0.2, 0) is 14.8 Å². The van der Waals surface area contributed by atoms with Crippen molar-refractivity contribution in [1.29, 1.82) is 0 Å². The van der Waals surface area contributed by atoms with Crippen LogP contribution in [0.2, 0.25) is 5.02 Å². The lowest BCUT2D eigenvalue weighted by atomic mass is 10.1. The van der Waals surface area contributed by atoms with Crippen LogP contribution in [0.25, 0.3) is 0 Å². The van der Waals surface area contributed by atoms with Gasteiger partial charge in [-0.05, 0) is 43.2 Å². The van der Waals surface area contributed by atoms with Gasteiger partial charge in [-0.25, -0.2) is 13.6 Å². The number of nitrogens with two attached hydrogens (primary N) is 1. The molecule has 0 saturated heterocycles. The number of carbonyl (C=O) groups is 2. The Morgan fingerprint density at radius 1 is 1.11 bits per heavy atom. The molecule has 0 radical (unpaired) electrons. The van der Waals surface area contributed by atoms with Crippen molar-refractivity contribution < 1.29 is 22.7 Å². The fourth-order valence-electron chi connectivity index (χ4n) is 2.26. The SMILES string of the molecule is Cc1cccc(C)c1OCC(=O)NNC(=O)c1ccc(Cl)c(S(N)(=O)=O)c1. The number of benzene rings is 2. The van der Waals surface area contributed by atoms with Gasteiger partial charge in [-0.3, -0.25) is 20.4 Å². The van der Waals surface area contributed by atoms with Crippen LogP contribution in [0.15, 0.2) is 41.3 Å². The van der Waals surface area contributed by atoms with Gasteiger partial charge in [-0.1, -0.05) is 29.8 Å². The van der Waals surface area contributed by atoms with Gasteiger partial charge in [0.2, 0.25) is 10.0 Å². The number of carbonyl (C=O) groups excluding carboxylic acids is 2. The van der Waals surface area contributed by atoms with E-state index in [2.05, 4.69) is 10.9 Å². The lowest BCUT2D eigenvalue weighted by molar-refractivity contribution is -0.123. The fourth-order valence-corrected chi connectivity index (χ4v) is 3.33. The van der Waals surface area contributed by atoms with Crippen LogP contribution in [0.5, 0.6) is 5.75 Å². The van der Waals surface area contributed by atoms with E-state index >= 15 is 0 Å². The second-order valence-corrected chi connectivity index (χ2v) is 7.64. The highest BCUT2D eigenvalue weighted by molar-refractivity contribution is 7.89. The smallest absolute Gasteiger partial charge is 0.276 e. The van der Waals surface area contributed by atoms with E-state index in [0.29, 0.717) is 5.75 Å². The Morgan fingerprint density at radius 3 is 2.33 bits per heavy atom. The number of hydrogen-bond donors (Lipinski definition) is 3. The second kappa shape index (κ2) is 8.38. The molecule has 8 nitrogen and oxygen atoms in total. The molecule has 0 fully saturated rings. The Bertz CT molecular complexity index is 972. The minimum Gasteiger partial charge on any atom is -0.483 e. The van der Waals surface area contributed by atoms with E-state index in [1.807, 2.05) is 32.0 Å². The zero-order chi connectivity index (χ0) is 20.2. The van der Waals surface area contributed by atoms with Crippen LogP contribution < -0.4 is 20.7 Å². The molecule has 0 atom stereocenters. The highest BCUT2D eigenvalue weighted by Crippen LogP contribution is 2.22. The van der Waals surface area contributed by atoms with E-state index in [1.165, 1.54) is 12.1 Å². The van der Waals surface area contributed by atoms with Gasteiger partial charge >= 0.3 is 0 Å². The summed E-state index contributed by atoms with van der Waals surface area (Å²) in [5.74, 6) is -0.738. The first-order valence-electron chi connectivity index (χ1n) is 7.70. The zero-order valence-electron chi connectivity index (χ0n) is 14.6. The molecule has 2 amide bonds. The van der Waals surface area contributed by atoms with Crippen molar-refractivity contribution in [3.8, 4) is 5.75 Å². The van der Waals surface area contributed by atoms with E-state index in [-0.39, 0.29) is 22.1 Å². The lowest BCUT2D eigenvalue weighted by Gasteiger charge is -2.12. The largest absolute Gasteiger partial charge is 0.483 e. The maximum atomic E-state index is 12.1. The number of nitrogens with one attached hydrogen (secondary N) is 2. The van der Waals surface area contributed by atoms with Crippen molar-refractivity contribution in [3.63, 3.8) is 0 Å². The van der Waals surface area contributed by atoms with Gasteiger partial charge in [0, 0.05) is 5.56 Å². The predicted molar refractivity (Wildman–Crippen MR) is 99.8 cm³/mol. The summed E-state index contributed by atoms with van der Waals surface area (Å²) < 4.78 is 28.4. The summed E-state index contributed by atoms with van der Waals surface area (Å²) in [4.78, 5) is 23.6. The average Bonchev–Trinajstić information content (AvgIpc) is 2.58. The molecule has 0 saturated carbocycles. The van der Waals surface area contributed by atoms with Crippen molar-refractivity contribution in [3.05, 3.63) is 58.1 Å². The Hall–Kier alpha value is -2.62. The van der Waals surface area contributed by atoms with Crippen LogP contribution in [0.4, 0.5) is 0 Å². The summed E-state index contributed by atoms with van der Waals surface area (Å²) in [5, 5.41) is 4.93. The van der Waals surface area contributed by atoms with Crippen LogP contribution in [0.3, 0.4) is 0 Å². The molecule has 0 aliphatic rings. The number of hydrogen-bond acceptors (Lipinski definition) is 5. The summed E-state index contributed by atoms with van der Waals surface area (Å²) >= 11 is 5.76. The molecule has 2 aromatic rings. The van der Waals surface area contributed by atoms with Crippen LogP contribution in [0, 0.1) is 13.8 Å². The number of para-hydroxylation sites is 1. The van der Waals surface area contributed by atoms with E-state index in [9.17, 15) is 18.0 Å². The molecule has 0 heterocycles. The third-order valence-electron chi connectivity index (χ3n) is 3.57. The zero-order valence-corrected chi connectivity index (χ0v) is 16.1. The average molecular weight is 412 g/mol. The molecular formula is C17H18ClN3O5S. The molecule has 27 heavy (non-hydrogen) atoms. The van der Waals surface area contributed by atoms with Crippen LogP contribution in [0.1, 0.15) is 21.5 Å². The van der Waals surface area contributed by atoms with Crippen molar-refractivity contribution >= 4 is 33.4 Å². The van der Waals surface area contributed by atoms with Gasteiger partial charge in [0.05, 0.1) is 5.02 Å². The lowest BCUT2D eigenvalue weighted by Crippen LogP contribution is -2.43. The van der Waals surface area contributed by atoms with Gasteiger partial charge in [0.1, 0.15) is 10.6 Å². The number of amides is 2. The van der Waals surface area contributed by atoms with Gasteiger partial charge < -0.3 is 4.74 Å². The molecule has 0 spiro atoms. The Labute approximate surface area is 161 Å². The molecule has 2 aromatic carbocycles. The second-order valence-electron chi connectivity index (χ2n) is 5.70. The third-order valence-corrected chi connectivity index (χ3v) is 4.96. The molecule has 0 unspecified atom stereocenters. The number of halogens is 1. The fraction of sp³-hybridized carbons (Fsp3) is 0.176. The molecule has 0 bridgehead atoms. The Morgan fingerprint density at radius 2 is 1.74 bits per heavy atom. The monoisotopic (exact) mass is 411 g/mol. The summed E-state index contributed by atoms with van der Waals surface area (Å²) in [6, 6.07) is 9.12. The first-order valence-corrected chi connectivity index (χ1v) is 9.62. The molecule has 4 N–H and O–H groups in total. The first-order chi connectivity index (χ1) is 12.6. The number of hydrazine groups is 1. The summed E-state index contributed by atoms with van der Waals surface area (Å²) in [6.45, 7) is 3.40. The van der Waals surface area contributed by atoms with Crippen molar-refractivity contribution in [2.45, 2.75) is 18.7 Å². The molecule has 10 heteroatoms. The molecule has 0 aliphatic carbocycles. The maximum Gasteiger partial charge on any atom is 0.276 e. The molecule has 2 rings (SSSR count).